The van der Waals surface area contributed by atoms with E-state index in [0.717, 1.165) is 12.0 Å². The molecule has 2 atom stereocenters. The molecule has 3 nitrogen and oxygen atoms in total. The van der Waals surface area contributed by atoms with Crippen LogP contribution in [-0.2, 0) is 9.53 Å². The highest BCUT2D eigenvalue weighted by Crippen LogP contribution is 2.37. The van der Waals surface area contributed by atoms with Gasteiger partial charge in [0.1, 0.15) is 6.10 Å². The monoisotopic (exact) mass is 238 g/mol. The molecule has 1 fully saturated rings. The molecule has 0 unspecified atom stereocenters. The summed E-state index contributed by atoms with van der Waals surface area (Å²) in [7, 11) is 0. The molecular weight excluding hydrogens is 216 g/mol. The van der Waals surface area contributed by atoms with Crippen LogP contribution in [0.1, 0.15) is 46.0 Å². The van der Waals surface area contributed by atoms with Crippen LogP contribution in [0.25, 0.3) is 0 Å². The van der Waals surface area contributed by atoms with Gasteiger partial charge in [-0.25, -0.2) is 4.79 Å². The molecule has 0 bridgehead atoms. The number of aliphatic hydroxyl groups is 1. The molecule has 2 aliphatic rings. The van der Waals surface area contributed by atoms with E-state index in [0.29, 0.717) is 17.4 Å². The summed E-state index contributed by atoms with van der Waals surface area (Å²) in [5, 5.41) is 9.11. The standard InChI is InChI=1S/C14H22O3/c1-9-7-13(17-14(16)12(9)8-15)10(2)11-5-3-4-6-11/h10-11,13,15H,3-8H2,1-2H3/t10-,13+/m0/s1. The van der Waals surface area contributed by atoms with E-state index < -0.39 is 0 Å². The van der Waals surface area contributed by atoms with Crippen LogP contribution < -0.4 is 0 Å². The summed E-state index contributed by atoms with van der Waals surface area (Å²) in [5.41, 5.74) is 1.46. The number of ether oxygens (including phenoxy) is 1. The van der Waals surface area contributed by atoms with Gasteiger partial charge in [-0.2, -0.15) is 0 Å². The fraction of sp³-hybridized carbons (Fsp3) is 0.786. The quantitative estimate of drug-likeness (QED) is 0.768. The van der Waals surface area contributed by atoms with Gasteiger partial charge in [-0.15, -0.1) is 0 Å². The second-order valence-corrected chi connectivity index (χ2v) is 5.47. The Morgan fingerprint density at radius 2 is 2.06 bits per heavy atom. The number of hydrogen-bond donors (Lipinski definition) is 1. The Morgan fingerprint density at radius 1 is 1.41 bits per heavy atom. The van der Waals surface area contributed by atoms with Gasteiger partial charge in [-0.3, -0.25) is 0 Å². The van der Waals surface area contributed by atoms with Crippen molar-refractivity contribution < 1.29 is 14.6 Å². The molecule has 1 N–H and O–H groups in total. The van der Waals surface area contributed by atoms with E-state index in [-0.39, 0.29) is 18.7 Å². The van der Waals surface area contributed by atoms with Crippen molar-refractivity contribution in [2.45, 2.75) is 52.1 Å². The van der Waals surface area contributed by atoms with Gasteiger partial charge in [0.05, 0.1) is 12.2 Å². The van der Waals surface area contributed by atoms with E-state index >= 15 is 0 Å². The molecule has 2 rings (SSSR count). The SMILES string of the molecule is CC1=C(CO)C(=O)O[C@@H]([C@@H](C)C2CCCC2)C1. The molecule has 1 heterocycles. The second-order valence-electron chi connectivity index (χ2n) is 5.47. The highest BCUT2D eigenvalue weighted by molar-refractivity contribution is 5.90. The molecule has 0 aromatic carbocycles. The Bertz CT molecular complexity index is 326. The van der Waals surface area contributed by atoms with Crippen molar-refractivity contribution in [2.24, 2.45) is 11.8 Å². The van der Waals surface area contributed by atoms with E-state index in [1.807, 2.05) is 6.92 Å². The van der Waals surface area contributed by atoms with Crippen LogP contribution in [0.3, 0.4) is 0 Å². The Morgan fingerprint density at radius 3 is 2.59 bits per heavy atom. The van der Waals surface area contributed by atoms with Crippen LogP contribution in [0.4, 0.5) is 0 Å². The minimum atomic E-state index is -0.314. The highest BCUT2D eigenvalue weighted by Gasteiger charge is 2.34. The van der Waals surface area contributed by atoms with Crippen molar-refractivity contribution in [1.82, 2.24) is 0 Å². The summed E-state index contributed by atoms with van der Waals surface area (Å²) >= 11 is 0. The fourth-order valence-electron chi connectivity index (χ4n) is 3.13. The average Bonchev–Trinajstić information content (AvgIpc) is 2.81. The molecule has 1 aliphatic carbocycles. The summed E-state index contributed by atoms with van der Waals surface area (Å²) < 4.78 is 5.48. The van der Waals surface area contributed by atoms with Crippen molar-refractivity contribution in [2.75, 3.05) is 6.61 Å². The third kappa shape index (κ3) is 2.54. The maximum atomic E-state index is 11.7. The van der Waals surface area contributed by atoms with E-state index in [2.05, 4.69) is 6.92 Å². The Hall–Kier alpha value is -0.830. The van der Waals surface area contributed by atoms with Crippen molar-refractivity contribution in [3.05, 3.63) is 11.1 Å². The van der Waals surface area contributed by atoms with Gasteiger partial charge in [-0.1, -0.05) is 38.2 Å². The minimum Gasteiger partial charge on any atom is -0.458 e. The van der Waals surface area contributed by atoms with Gasteiger partial charge in [0.15, 0.2) is 0 Å². The van der Waals surface area contributed by atoms with Crippen LogP contribution in [0.15, 0.2) is 11.1 Å². The minimum absolute atomic E-state index is 0.0147. The first-order valence-electron chi connectivity index (χ1n) is 6.64. The maximum absolute atomic E-state index is 11.7. The van der Waals surface area contributed by atoms with E-state index in [4.69, 9.17) is 9.84 Å². The Labute approximate surface area is 103 Å². The lowest BCUT2D eigenvalue weighted by atomic mass is 9.83. The van der Waals surface area contributed by atoms with Crippen LogP contribution in [0, 0.1) is 11.8 Å². The molecule has 0 radical (unpaired) electrons. The normalized spacial score (nSPS) is 28.4. The third-order valence-electron chi connectivity index (χ3n) is 4.42. The molecule has 96 valence electrons. The van der Waals surface area contributed by atoms with Crippen molar-refractivity contribution in [1.29, 1.82) is 0 Å². The van der Waals surface area contributed by atoms with Crippen LogP contribution in [0.2, 0.25) is 0 Å². The summed E-state index contributed by atoms with van der Waals surface area (Å²) in [5.74, 6) is 0.832. The molecule has 1 saturated carbocycles. The molecule has 0 amide bonds. The molecular formula is C14H22O3. The van der Waals surface area contributed by atoms with Gasteiger partial charge in [0.25, 0.3) is 0 Å². The number of hydrogen-bond acceptors (Lipinski definition) is 3. The zero-order chi connectivity index (χ0) is 12.4. The molecule has 0 spiro atoms. The summed E-state index contributed by atoms with van der Waals surface area (Å²) in [6.45, 7) is 3.93. The molecule has 3 heteroatoms. The zero-order valence-corrected chi connectivity index (χ0v) is 10.7. The van der Waals surface area contributed by atoms with E-state index in [1.54, 1.807) is 0 Å². The van der Waals surface area contributed by atoms with Crippen molar-refractivity contribution >= 4 is 5.97 Å². The molecule has 0 aromatic rings. The highest BCUT2D eigenvalue weighted by atomic mass is 16.5. The molecule has 0 saturated heterocycles. The molecule has 0 aromatic heterocycles. The predicted octanol–water partition coefficient (Wildman–Crippen LogP) is 2.44. The number of carbonyl (C=O) groups is 1. The lowest BCUT2D eigenvalue weighted by molar-refractivity contribution is -0.150. The summed E-state index contributed by atoms with van der Waals surface area (Å²) in [6.07, 6.45) is 5.97. The van der Waals surface area contributed by atoms with Gasteiger partial charge in [-0.05, 0) is 18.8 Å². The van der Waals surface area contributed by atoms with Crippen molar-refractivity contribution in [3.63, 3.8) is 0 Å². The van der Waals surface area contributed by atoms with Gasteiger partial charge < -0.3 is 9.84 Å². The first-order valence-corrected chi connectivity index (χ1v) is 6.64. The number of aliphatic hydroxyl groups excluding tert-OH is 1. The number of rotatable bonds is 3. The van der Waals surface area contributed by atoms with Crippen LogP contribution >= 0.6 is 0 Å². The van der Waals surface area contributed by atoms with Crippen LogP contribution in [-0.4, -0.2) is 23.8 Å². The number of cyclic esters (lactones) is 1. The maximum Gasteiger partial charge on any atom is 0.336 e. The lowest BCUT2D eigenvalue weighted by Gasteiger charge is -2.32. The largest absolute Gasteiger partial charge is 0.458 e. The number of carbonyl (C=O) groups excluding carboxylic acids is 1. The molecule has 1 aliphatic heterocycles. The Kier molecular flexibility index (Phi) is 3.87. The van der Waals surface area contributed by atoms with Gasteiger partial charge in [0.2, 0.25) is 0 Å². The Balaban J connectivity index is 2.05. The first kappa shape index (κ1) is 12.6. The first-order chi connectivity index (χ1) is 8.13. The summed E-state index contributed by atoms with van der Waals surface area (Å²) in [4.78, 5) is 11.7. The summed E-state index contributed by atoms with van der Waals surface area (Å²) in [6, 6.07) is 0. The number of esters is 1. The third-order valence-corrected chi connectivity index (χ3v) is 4.42. The van der Waals surface area contributed by atoms with E-state index in [1.165, 1.54) is 25.7 Å². The predicted molar refractivity (Wildman–Crippen MR) is 65.4 cm³/mol. The van der Waals surface area contributed by atoms with Crippen LogP contribution in [0.5, 0.6) is 0 Å². The lowest BCUT2D eigenvalue weighted by Crippen LogP contribution is -2.34. The topological polar surface area (TPSA) is 46.5 Å². The fourth-order valence-corrected chi connectivity index (χ4v) is 3.13. The smallest absolute Gasteiger partial charge is 0.336 e. The van der Waals surface area contributed by atoms with Gasteiger partial charge in [0, 0.05) is 6.42 Å². The average molecular weight is 238 g/mol. The second kappa shape index (κ2) is 5.21. The van der Waals surface area contributed by atoms with Gasteiger partial charge >= 0.3 is 5.97 Å². The van der Waals surface area contributed by atoms with E-state index in [9.17, 15) is 4.79 Å². The molecule has 17 heavy (non-hydrogen) atoms. The zero-order valence-electron chi connectivity index (χ0n) is 10.7. The van der Waals surface area contributed by atoms with Crippen molar-refractivity contribution in [3.8, 4) is 0 Å².